The van der Waals surface area contributed by atoms with Gasteiger partial charge in [0.05, 0.1) is 38.6 Å². The normalized spacial score (nSPS) is 12.0. The molecular formula is C30H25ClN2O10S3. The first-order valence-corrected chi connectivity index (χ1v) is 17.3. The summed E-state index contributed by atoms with van der Waals surface area (Å²) in [6.45, 7) is -2.19. The van der Waals surface area contributed by atoms with E-state index in [-0.39, 0.29) is 25.9 Å². The molecule has 0 unspecified atom stereocenters. The van der Waals surface area contributed by atoms with E-state index in [1.807, 2.05) is 0 Å². The van der Waals surface area contributed by atoms with E-state index < -0.39 is 51.6 Å². The molecule has 0 atom stereocenters. The van der Waals surface area contributed by atoms with E-state index in [1.165, 1.54) is 80.1 Å². The van der Waals surface area contributed by atoms with Gasteiger partial charge in [0.15, 0.2) is 0 Å². The van der Waals surface area contributed by atoms with Gasteiger partial charge in [0.2, 0.25) is 10.0 Å². The lowest BCUT2D eigenvalue weighted by Gasteiger charge is -2.24. The van der Waals surface area contributed by atoms with Crippen LogP contribution in [0.5, 0.6) is 5.75 Å². The third kappa shape index (κ3) is 6.73. The van der Waals surface area contributed by atoms with Crippen LogP contribution in [-0.4, -0.2) is 63.5 Å². The average Bonchev–Trinajstić information content (AvgIpc) is 3.71. The highest BCUT2D eigenvalue weighted by Crippen LogP contribution is 2.41. The molecule has 2 aromatic heterocycles. The van der Waals surface area contributed by atoms with Gasteiger partial charge in [0, 0.05) is 22.4 Å². The van der Waals surface area contributed by atoms with Gasteiger partial charge in [-0.15, -0.1) is 11.3 Å². The molecule has 0 aliphatic carbocycles. The molecule has 0 aliphatic rings. The fourth-order valence-corrected chi connectivity index (χ4v) is 8.91. The van der Waals surface area contributed by atoms with Crippen LogP contribution in [0.1, 0.15) is 4.88 Å². The molecule has 0 saturated heterocycles. The summed E-state index contributed by atoms with van der Waals surface area (Å²) in [5.74, 6) is -1.89. The number of furan rings is 1. The highest BCUT2D eigenvalue weighted by molar-refractivity contribution is 7.93. The summed E-state index contributed by atoms with van der Waals surface area (Å²) >= 11 is 7.49. The van der Waals surface area contributed by atoms with Gasteiger partial charge < -0.3 is 19.4 Å². The first-order chi connectivity index (χ1) is 21.8. The first kappa shape index (κ1) is 33.0. The molecule has 12 nitrogen and oxygen atoms in total. The summed E-state index contributed by atoms with van der Waals surface area (Å²) in [6.07, 6.45) is 1.48. The SMILES string of the molecule is COc1ccc(S(=O)(=O)N(CC(=O)O)Cc2cc3c(N(CC(=O)O)S(=O)(=O)c4ccc(-c5ccco5)cc4)ccc(Cl)c3s2)cc1. The predicted molar refractivity (Wildman–Crippen MR) is 171 cm³/mol. The van der Waals surface area contributed by atoms with Gasteiger partial charge in [-0.1, -0.05) is 11.6 Å². The van der Waals surface area contributed by atoms with Crippen LogP contribution in [0.15, 0.2) is 99.3 Å². The fraction of sp³-hybridized carbons (Fsp3) is 0.133. The number of hydrogen-bond acceptors (Lipinski definition) is 9. The average molecular weight is 705 g/mol. The Morgan fingerprint density at radius 3 is 2.09 bits per heavy atom. The van der Waals surface area contributed by atoms with E-state index in [0.29, 0.717) is 26.7 Å². The van der Waals surface area contributed by atoms with Crippen LogP contribution in [-0.2, 0) is 36.2 Å². The second-order valence-corrected chi connectivity index (χ2v) is 15.1. The number of benzene rings is 3. The quantitative estimate of drug-likeness (QED) is 0.162. The largest absolute Gasteiger partial charge is 0.497 e. The Morgan fingerprint density at radius 1 is 0.870 bits per heavy atom. The van der Waals surface area contributed by atoms with Crippen LogP contribution in [0, 0.1) is 0 Å². The zero-order valence-electron chi connectivity index (χ0n) is 23.9. The third-order valence-corrected chi connectivity index (χ3v) is 12.0. The summed E-state index contributed by atoms with van der Waals surface area (Å²) in [7, 11) is -7.33. The minimum Gasteiger partial charge on any atom is -0.497 e. The molecule has 5 aromatic rings. The smallest absolute Gasteiger partial charge is 0.324 e. The number of ether oxygens (including phenoxy) is 1. The molecule has 0 amide bonds. The van der Waals surface area contributed by atoms with Gasteiger partial charge in [-0.05, 0) is 78.9 Å². The Hall–Kier alpha value is -4.41. The van der Waals surface area contributed by atoms with Crippen LogP contribution < -0.4 is 9.04 Å². The number of aliphatic carboxylic acids is 2. The minimum atomic E-state index is -4.44. The van der Waals surface area contributed by atoms with Gasteiger partial charge in [0.25, 0.3) is 10.0 Å². The van der Waals surface area contributed by atoms with Gasteiger partial charge in [-0.25, -0.2) is 16.8 Å². The standard InChI is InChI=1S/C30H25ClN2O10S3/c1-42-20-6-10-22(11-7-20)45(38,39)32(17-28(34)35)16-21-15-24-26(13-12-25(31)30(24)44-21)33(18-29(36)37)46(40,41)23-8-4-19(5-9-23)27-3-2-14-43-27/h2-15H,16-18H2,1H3,(H,34,35)(H,36,37). The molecule has 0 fully saturated rings. The van der Waals surface area contributed by atoms with Crippen molar-refractivity contribution in [3.63, 3.8) is 0 Å². The molecule has 3 aromatic carbocycles. The Kier molecular flexibility index (Phi) is 9.42. The van der Waals surface area contributed by atoms with Crippen LogP contribution >= 0.6 is 22.9 Å². The lowest BCUT2D eigenvalue weighted by molar-refractivity contribution is -0.137. The fourth-order valence-electron chi connectivity index (χ4n) is 4.65. The molecule has 2 heterocycles. The van der Waals surface area contributed by atoms with E-state index in [2.05, 4.69) is 0 Å². The summed E-state index contributed by atoms with van der Waals surface area (Å²) < 4.78 is 67.0. The Labute approximate surface area is 272 Å². The topological polar surface area (TPSA) is 172 Å². The number of nitrogens with zero attached hydrogens (tertiary/aromatic N) is 2. The summed E-state index contributed by atoms with van der Waals surface area (Å²) in [6, 6.07) is 18.8. The first-order valence-electron chi connectivity index (χ1n) is 13.3. The van der Waals surface area contributed by atoms with Crippen molar-refractivity contribution in [2.75, 3.05) is 24.5 Å². The number of halogens is 1. The predicted octanol–water partition coefficient (Wildman–Crippen LogP) is 5.38. The number of thiophene rings is 1. The number of rotatable bonds is 13. The van der Waals surface area contributed by atoms with Crippen LogP contribution in [0.2, 0.25) is 5.02 Å². The summed E-state index contributed by atoms with van der Waals surface area (Å²) in [5.41, 5.74) is 0.600. The molecule has 0 bridgehead atoms. The third-order valence-electron chi connectivity index (χ3n) is 6.80. The maximum absolute atomic E-state index is 13.9. The number of anilines is 1. The zero-order chi connectivity index (χ0) is 33.2. The highest BCUT2D eigenvalue weighted by Gasteiger charge is 2.31. The van der Waals surface area contributed by atoms with E-state index in [9.17, 15) is 36.6 Å². The van der Waals surface area contributed by atoms with Gasteiger partial charge in [-0.2, -0.15) is 4.31 Å². The van der Waals surface area contributed by atoms with Gasteiger partial charge in [-0.3, -0.25) is 13.9 Å². The molecule has 5 rings (SSSR count). The zero-order valence-corrected chi connectivity index (χ0v) is 27.1. The molecular weight excluding hydrogens is 680 g/mol. The number of hydrogen-bond donors (Lipinski definition) is 2. The van der Waals surface area contributed by atoms with Crippen LogP contribution in [0.3, 0.4) is 0 Å². The molecule has 0 aliphatic heterocycles. The van der Waals surface area contributed by atoms with Gasteiger partial charge in [0.1, 0.15) is 24.6 Å². The minimum absolute atomic E-state index is 0.0118. The van der Waals surface area contributed by atoms with Crippen LogP contribution in [0.25, 0.3) is 21.4 Å². The van der Waals surface area contributed by atoms with Crippen molar-refractivity contribution in [3.8, 4) is 17.1 Å². The number of carboxylic acids is 2. The van der Waals surface area contributed by atoms with Crippen molar-refractivity contribution < 1.29 is 45.8 Å². The summed E-state index contributed by atoms with van der Waals surface area (Å²) in [4.78, 5) is 23.6. The van der Waals surface area contributed by atoms with E-state index in [0.717, 1.165) is 19.9 Å². The van der Waals surface area contributed by atoms with E-state index in [1.54, 1.807) is 12.1 Å². The Bertz CT molecular complexity index is 2110. The number of carboxylic acid groups (broad SMARTS) is 2. The number of carbonyl (C=O) groups is 2. The summed E-state index contributed by atoms with van der Waals surface area (Å²) in [5, 5.41) is 19.7. The van der Waals surface area contributed by atoms with E-state index in [4.69, 9.17) is 20.8 Å². The Morgan fingerprint density at radius 2 is 1.50 bits per heavy atom. The van der Waals surface area contributed by atoms with Crippen molar-refractivity contribution >= 4 is 70.7 Å². The Balaban J connectivity index is 1.55. The number of fused-ring (bicyclic) bond motifs is 1. The number of sulfonamides is 2. The molecule has 240 valence electrons. The maximum Gasteiger partial charge on any atom is 0.324 e. The van der Waals surface area contributed by atoms with Crippen molar-refractivity contribution in [1.82, 2.24) is 4.31 Å². The second kappa shape index (κ2) is 13.1. The maximum atomic E-state index is 13.9. The molecule has 0 saturated carbocycles. The van der Waals surface area contributed by atoms with Crippen molar-refractivity contribution in [3.05, 3.63) is 95.0 Å². The lowest BCUT2D eigenvalue weighted by atomic mass is 10.2. The molecule has 0 spiro atoms. The highest BCUT2D eigenvalue weighted by atomic mass is 35.5. The van der Waals surface area contributed by atoms with Gasteiger partial charge >= 0.3 is 11.9 Å². The molecule has 46 heavy (non-hydrogen) atoms. The second-order valence-electron chi connectivity index (χ2n) is 9.77. The van der Waals surface area contributed by atoms with Crippen molar-refractivity contribution in [1.29, 1.82) is 0 Å². The van der Waals surface area contributed by atoms with Crippen molar-refractivity contribution in [2.24, 2.45) is 0 Å². The lowest BCUT2D eigenvalue weighted by Crippen LogP contribution is -2.36. The monoisotopic (exact) mass is 704 g/mol. The molecule has 16 heteroatoms. The van der Waals surface area contributed by atoms with Crippen LogP contribution in [0.4, 0.5) is 5.69 Å². The molecule has 2 N–H and O–H groups in total. The van der Waals surface area contributed by atoms with E-state index >= 15 is 0 Å². The van der Waals surface area contributed by atoms with Crippen molar-refractivity contribution in [2.45, 2.75) is 16.3 Å². The number of methoxy groups -OCH3 is 1. The molecule has 0 radical (unpaired) electrons.